The quantitative estimate of drug-likeness (QED) is 0.759. The second-order valence-electron chi connectivity index (χ2n) is 5.65. The lowest BCUT2D eigenvalue weighted by Gasteiger charge is -2.28. The van der Waals surface area contributed by atoms with E-state index in [-0.39, 0.29) is 6.04 Å². The van der Waals surface area contributed by atoms with Crippen molar-refractivity contribution < 1.29 is 0 Å². The maximum Gasteiger partial charge on any atom is 0.129 e. The molecular formula is C18H26N4. The van der Waals surface area contributed by atoms with Crippen molar-refractivity contribution in [3.63, 3.8) is 0 Å². The smallest absolute Gasteiger partial charge is 0.129 e. The number of likely N-dealkylation sites (tertiary alicyclic amines) is 1. The Kier molecular flexibility index (Phi) is 5.26. The van der Waals surface area contributed by atoms with Crippen LogP contribution in [0.3, 0.4) is 0 Å². The normalized spacial score (nSPS) is 17.3. The number of nitrogens with one attached hydrogen (secondary N) is 1. The van der Waals surface area contributed by atoms with Gasteiger partial charge in [-0.3, -0.25) is 0 Å². The number of nitrogens with two attached hydrogens (primary N) is 1. The number of pyridine rings is 1. The van der Waals surface area contributed by atoms with Crippen molar-refractivity contribution >= 4 is 11.5 Å². The number of anilines is 1. The molecule has 4 heteroatoms. The summed E-state index contributed by atoms with van der Waals surface area (Å²) in [6, 6.07) is 4.33. The predicted octanol–water partition coefficient (Wildman–Crippen LogP) is 3.15. The van der Waals surface area contributed by atoms with E-state index in [0.29, 0.717) is 5.70 Å². The summed E-state index contributed by atoms with van der Waals surface area (Å²) in [5, 5.41) is 3.18. The van der Waals surface area contributed by atoms with Crippen LogP contribution >= 0.6 is 0 Å². The van der Waals surface area contributed by atoms with Crippen LogP contribution < -0.4 is 11.1 Å². The first kappa shape index (κ1) is 16.1. The van der Waals surface area contributed by atoms with E-state index in [1.165, 1.54) is 5.56 Å². The van der Waals surface area contributed by atoms with E-state index < -0.39 is 0 Å². The van der Waals surface area contributed by atoms with Crippen molar-refractivity contribution in [2.24, 2.45) is 5.73 Å². The average Bonchev–Trinajstić information content (AvgIpc) is 3.01. The van der Waals surface area contributed by atoms with E-state index in [1.54, 1.807) is 0 Å². The highest BCUT2D eigenvalue weighted by Gasteiger charge is 2.27. The minimum Gasteiger partial charge on any atom is -0.401 e. The van der Waals surface area contributed by atoms with Gasteiger partial charge in [0.15, 0.2) is 0 Å². The topological polar surface area (TPSA) is 54.2 Å². The molecule has 0 bridgehead atoms. The van der Waals surface area contributed by atoms with Gasteiger partial charge in [0, 0.05) is 19.3 Å². The monoisotopic (exact) mass is 298 g/mol. The first-order chi connectivity index (χ1) is 10.6. The molecule has 22 heavy (non-hydrogen) atoms. The van der Waals surface area contributed by atoms with E-state index in [2.05, 4.69) is 36.0 Å². The van der Waals surface area contributed by atoms with Gasteiger partial charge in [-0.25, -0.2) is 4.98 Å². The molecule has 0 aromatic carbocycles. The molecule has 3 N–H and O–H groups in total. The first-order valence-corrected chi connectivity index (χ1v) is 7.77. The molecule has 118 valence electrons. The average molecular weight is 298 g/mol. The van der Waals surface area contributed by atoms with Gasteiger partial charge in [0.25, 0.3) is 0 Å². The summed E-state index contributed by atoms with van der Waals surface area (Å²) < 4.78 is 0. The van der Waals surface area contributed by atoms with Gasteiger partial charge in [0.2, 0.25) is 0 Å². The highest BCUT2D eigenvalue weighted by Crippen LogP contribution is 2.29. The number of allylic oxidation sites excluding steroid dienone is 1. The van der Waals surface area contributed by atoms with E-state index >= 15 is 0 Å². The number of nitrogens with zero attached hydrogens (tertiary/aromatic N) is 2. The molecule has 1 aromatic rings. The van der Waals surface area contributed by atoms with Crippen LogP contribution in [0.4, 0.5) is 5.82 Å². The fraction of sp³-hybridized carbons (Fsp3) is 0.389. The maximum atomic E-state index is 5.92. The summed E-state index contributed by atoms with van der Waals surface area (Å²) in [7, 11) is 1.90. The Hall–Kier alpha value is -2.23. The van der Waals surface area contributed by atoms with Crippen molar-refractivity contribution in [3.8, 4) is 0 Å². The van der Waals surface area contributed by atoms with Crippen molar-refractivity contribution in [2.45, 2.75) is 31.7 Å². The SMILES string of the molecule is C=CCCc1ccc(C(=C)N2CCCC2C(=C)N)nc1NC. The Balaban J connectivity index is 2.22. The number of rotatable bonds is 7. The van der Waals surface area contributed by atoms with Crippen LogP contribution in [0.2, 0.25) is 0 Å². The molecule has 2 heterocycles. The summed E-state index contributed by atoms with van der Waals surface area (Å²) in [5.41, 5.74) is 9.62. The fourth-order valence-corrected chi connectivity index (χ4v) is 2.95. The van der Waals surface area contributed by atoms with E-state index in [1.807, 2.05) is 19.2 Å². The van der Waals surface area contributed by atoms with Gasteiger partial charge in [0.05, 0.1) is 17.4 Å². The molecule has 1 aromatic heterocycles. The molecule has 0 saturated carbocycles. The summed E-state index contributed by atoms with van der Waals surface area (Å²) in [6.45, 7) is 12.9. The molecule has 1 fully saturated rings. The minimum absolute atomic E-state index is 0.174. The van der Waals surface area contributed by atoms with Gasteiger partial charge in [-0.2, -0.15) is 0 Å². The van der Waals surface area contributed by atoms with Crippen LogP contribution in [0, 0.1) is 0 Å². The van der Waals surface area contributed by atoms with Gasteiger partial charge >= 0.3 is 0 Å². The Bertz CT molecular complexity index is 576. The molecule has 1 aliphatic heterocycles. The lowest BCUT2D eigenvalue weighted by atomic mass is 10.1. The Labute approximate surface area is 133 Å². The van der Waals surface area contributed by atoms with E-state index in [4.69, 9.17) is 10.7 Å². The van der Waals surface area contributed by atoms with Crippen LogP contribution in [-0.4, -0.2) is 29.5 Å². The van der Waals surface area contributed by atoms with Crippen molar-refractivity contribution in [2.75, 3.05) is 18.9 Å². The largest absolute Gasteiger partial charge is 0.401 e. The third-order valence-corrected chi connectivity index (χ3v) is 4.16. The molecule has 0 radical (unpaired) electrons. The standard InChI is InChI=1S/C18H26N4/c1-5-6-8-15-10-11-16(21-18(15)20-4)14(3)22-12-7-9-17(22)13(2)19/h5,10-11,17H,1-3,6-9,12,19H2,4H3,(H,20,21). The summed E-state index contributed by atoms with van der Waals surface area (Å²) in [5.74, 6) is 0.905. The number of hydrogen-bond acceptors (Lipinski definition) is 4. The minimum atomic E-state index is 0.174. The second kappa shape index (κ2) is 7.16. The lowest BCUT2D eigenvalue weighted by Crippen LogP contribution is -2.32. The van der Waals surface area contributed by atoms with Crippen LogP contribution in [0.5, 0.6) is 0 Å². The molecule has 4 nitrogen and oxygen atoms in total. The third-order valence-electron chi connectivity index (χ3n) is 4.16. The van der Waals surface area contributed by atoms with E-state index in [9.17, 15) is 0 Å². The molecule has 0 aliphatic carbocycles. The summed E-state index contributed by atoms with van der Waals surface area (Å²) in [4.78, 5) is 6.94. The Morgan fingerprint density at radius 3 is 2.91 bits per heavy atom. The first-order valence-electron chi connectivity index (χ1n) is 7.77. The van der Waals surface area contributed by atoms with E-state index in [0.717, 1.165) is 49.4 Å². The zero-order valence-electron chi connectivity index (χ0n) is 13.4. The highest BCUT2D eigenvalue weighted by atomic mass is 15.2. The van der Waals surface area contributed by atoms with Gasteiger partial charge in [-0.05, 0) is 37.3 Å². The third kappa shape index (κ3) is 3.32. The van der Waals surface area contributed by atoms with Gasteiger partial charge in [-0.1, -0.05) is 25.3 Å². The molecular weight excluding hydrogens is 272 g/mol. The molecule has 1 saturated heterocycles. The van der Waals surface area contributed by atoms with Gasteiger partial charge in [-0.15, -0.1) is 6.58 Å². The summed E-state index contributed by atoms with van der Waals surface area (Å²) in [6.07, 6.45) is 5.94. The van der Waals surface area contributed by atoms with Crippen molar-refractivity contribution in [1.29, 1.82) is 0 Å². The number of aromatic nitrogens is 1. The molecule has 1 atom stereocenters. The lowest BCUT2D eigenvalue weighted by molar-refractivity contribution is 0.407. The zero-order valence-corrected chi connectivity index (χ0v) is 13.4. The van der Waals surface area contributed by atoms with Crippen LogP contribution in [0.15, 0.2) is 43.6 Å². The second-order valence-corrected chi connectivity index (χ2v) is 5.65. The maximum absolute atomic E-state index is 5.92. The Morgan fingerprint density at radius 2 is 2.27 bits per heavy atom. The number of aryl methyl sites for hydroxylation is 1. The fourth-order valence-electron chi connectivity index (χ4n) is 2.95. The molecule has 0 spiro atoms. The van der Waals surface area contributed by atoms with Crippen LogP contribution in [0.25, 0.3) is 5.70 Å². The molecule has 1 aliphatic rings. The van der Waals surface area contributed by atoms with Crippen LogP contribution in [-0.2, 0) is 6.42 Å². The number of hydrogen-bond donors (Lipinski definition) is 2. The summed E-state index contributed by atoms with van der Waals surface area (Å²) >= 11 is 0. The Morgan fingerprint density at radius 1 is 1.50 bits per heavy atom. The highest BCUT2D eigenvalue weighted by molar-refractivity contribution is 5.62. The molecule has 0 amide bonds. The van der Waals surface area contributed by atoms with Gasteiger partial charge in [0.1, 0.15) is 5.82 Å². The zero-order chi connectivity index (χ0) is 16.1. The van der Waals surface area contributed by atoms with Gasteiger partial charge < -0.3 is 16.0 Å². The van der Waals surface area contributed by atoms with Crippen molar-refractivity contribution in [3.05, 3.63) is 54.9 Å². The van der Waals surface area contributed by atoms with Crippen molar-refractivity contribution in [1.82, 2.24) is 9.88 Å². The van der Waals surface area contributed by atoms with Crippen LogP contribution in [0.1, 0.15) is 30.5 Å². The predicted molar refractivity (Wildman–Crippen MR) is 94.4 cm³/mol. The molecule has 1 unspecified atom stereocenters. The molecule has 2 rings (SSSR count).